The number of rotatable bonds is 9. The van der Waals surface area contributed by atoms with Gasteiger partial charge >= 0.3 is 0 Å². The van der Waals surface area contributed by atoms with Gasteiger partial charge in [0, 0.05) is 16.6 Å². The fourth-order valence-corrected chi connectivity index (χ4v) is 3.11. The first kappa shape index (κ1) is 18.6. The van der Waals surface area contributed by atoms with Gasteiger partial charge in [-0.2, -0.15) is 0 Å². The summed E-state index contributed by atoms with van der Waals surface area (Å²) in [5.41, 5.74) is 1.55. The summed E-state index contributed by atoms with van der Waals surface area (Å²) in [5, 5.41) is 6.35. The number of benzene rings is 1. The molecule has 0 aliphatic carbocycles. The van der Waals surface area contributed by atoms with Crippen molar-refractivity contribution in [1.29, 1.82) is 0 Å². The molecule has 130 valence electrons. The van der Waals surface area contributed by atoms with Crippen molar-refractivity contribution >= 4 is 28.2 Å². The van der Waals surface area contributed by atoms with Crippen LogP contribution >= 0.6 is 11.6 Å². The van der Waals surface area contributed by atoms with Crippen LogP contribution in [0.5, 0.6) is 0 Å². The van der Waals surface area contributed by atoms with Gasteiger partial charge < -0.3 is 4.90 Å². The van der Waals surface area contributed by atoms with E-state index in [1.807, 2.05) is 25.1 Å². The van der Waals surface area contributed by atoms with E-state index in [2.05, 4.69) is 29.0 Å². The molecule has 0 saturated carbocycles. The van der Waals surface area contributed by atoms with Gasteiger partial charge in [0.15, 0.2) is 0 Å². The monoisotopic (exact) mass is 348 g/mol. The molecule has 0 aliphatic heterocycles. The fraction of sp³-hybridized carbons (Fsp3) is 0.500. The Morgan fingerprint density at radius 3 is 2.67 bits per heavy atom. The minimum atomic E-state index is 0.0272. The van der Waals surface area contributed by atoms with Crippen LogP contribution in [-0.2, 0) is 0 Å². The van der Waals surface area contributed by atoms with Crippen molar-refractivity contribution in [1.82, 2.24) is 9.88 Å². The van der Waals surface area contributed by atoms with Crippen LogP contribution < -0.4 is 5.01 Å². The Morgan fingerprint density at radius 2 is 2.00 bits per heavy atom. The highest BCUT2D eigenvalue weighted by molar-refractivity contribution is 6.31. The van der Waals surface area contributed by atoms with Crippen molar-refractivity contribution in [2.24, 2.45) is 5.29 Å². The second-order valence-electron chi connectivity index (χ2n) is 5.94. The van der Waals surface area contributed by atoms with Crippen LogP contribution in [-0.4, -0.2) is 35.6 Å². The Morgan fingerprint density at radius 1 is 1.25 bits per heavy atom. The van der Waals surface area contributed by atoms with Crippen molar-refractivity contribution < 1.29 is 0 Å². The van der Waals surface area contributed by atoms with E-state index in [9.17, 15) is 4.91 Å². The third-order valence-corrected chi connectivity index (χ3v) is 4.66. The summed E-state index contributed by atoms with van der Waals surface area (Å²) in [6.45, 7) is 9.51. The maximum absolute atomic E-state index is 11.5. The van der Waals surface area contributed by atoms with Gasteiger partial charge in [-0.05, 0) is 63.7 Å². The van der Waals surface area contributed by atoms with Gasteiger partial charge in [-0.15, -0.1) is 4.91 Å². The molecule has 0 saturated heterocycles. The van der Waals surface area contributed by atoms with E-state index in [4.69, 9.17) is 11.6 Å². The lowest BCUT2D eigenvalue weighted by Crippen LogP contribution is -2.30. The van der Waals surface area contributed by atoms with E-state index in [1.165, 1.54) is 0 Å². The molecule has 1 atom stereocenters. The Bertz CT molecular complexity index is 675. The predicted octanol–water partition coefficient (Wildman–Crippen LogP) is 4.89. The molecule has 2 rings (SSSR count). The first-order valence-corrected chi connectivity index (χ1v) is 8.87. The molecular weight excluding hydrogens is 324 g/mol. The molecule has 0 amide bonds. The van der Waals surface area contributed by atoms with Crippen molar-refractivity contribution in [2.75, 3.05) is 24.6 Å². The lowest BCUT2D eigenvalue weighted by Gasteiger charge is -2.25. The first-order chi connectivity index (χ1) is 11.6. The Labute approximate surface area is 148 Å². The zero-order chi connectivity index (χ0) is 17.5. The zero-order valence-electron chi connectivity index (χ0n) is 14.6. The van der Waals surface area contributed by atoms with Gasteiger partial charge in [-0.25, -0.2) is 5.01 Å². The summed E-state index contributed by atoms with van der Waals surface area (Å²) >= 11 is 6.03. The molecule has 0 N–H and O–H groups in total. The summed E-state index contributed by atoms with van der Waals surface area (Å²) in [7, 11) is 0. The van der Waals surface area contributed by atoms with Crippen LogP contribution in [0, 0.1) is 4.91 Å². The molecule has 0 radical (unpaired) electrons. The molecule has 6 heteroatoms. The van der Waals surface area contributed by atoms with Crippen molar-refractivity contribution in [3.63, 3.8) is 0 Å². The molecular formula is C18H25ClN4O. The van der Waals surface area contributed by atoms with Crippen LogP contribution in [0.15, 0.2) is 35.7 Å². The summed E-state index contributed by atoms with van der Waals surface area (Å²) in [5.74, 6) is 0. The first-order valence-electron chi connectivity index (χ1n) is 8.49. The van der Waals surface area contributed by atoms with Gasteiger partial charge in [0.1, 0.15) is 0 Å². The number of hydrogen-bond acceptors (Lipinski definition) is 4. The quantitative estimate of drug-likeness (QED) is 0.478. The fourth-order valence-electron chi connectivity index (χ4n) is 2.94. The average Bonchev–Trinajstić information content (AvgIpc) is 2.59. The van der Waals surface area contributed by atoms with E-state index in [0.717, 1.165) is 49.1 Å². The number of anilines is 1. The second-order valence-corrected chi connectivity index (χ2v) is 6.37. The largest absolute Gasteiger partial charge is 0.304 e. The van der Waals surface area contributed by atoms with E-state index in [-0.39, 0.29) is 6.04 Å². The molecule has 5 nitrogen and oxygen atoms in total. The van der Waals surface area contributed by atoms with Gasteiger partial charge in [0.25, 0.3) is 0 Å². The van der Waals surface area contributed by atoms with E-state index < -0.39 is 0 Å². The molecule has 1 aromatic carbocycles. The number of pyridine rings is 1. The maximum atomic E-state index is 11.5. The number of nitroso groups, excluding NO2 is 1. The standard InChI is InChI=1S/C18H25ClN4O/c1-4-22(5-2)12-6-7-14(3)23(21-24)18-10-11-20-17-13-15(19)8-9-16(17)18/h8-11,13-14H,4-7,12H2,1-3H3. The Balaban J connectivity index is 2.14. The predicted molar refractivity (Wildman–Crippen MR) is 102 cm³/mol. The normalized spacial score (nSPS) is 12.5. The minimum Gasteiger partial charge on any atom is -0.304 e. The summed E-state index contributed by atoms with van der Waals surface area (Å²) < 4.78 is 0. The van der Waals surface area contributed by atoms with Gasteiger partial charge in [-0.1, -0.05) is 25.4 Å². The van der Waals surface area contributed by atoms with Crippen molar-refractivity contribution in [3.8, 4) is 0 Å². The molecule has 24 heavy (non-hydrogen) atoms. The molecule has 0 spiro atoms. The average molecular weight is 349 g/mol. The highest BCUT2D eigenvalue weighted by atomic mass is 35.5. The molecule has 0 bridgehead atoms. The van der Waals surface area contributed by atoms with Crippen molar-refractivity contribution in [3.05, 3.63) is 40.4 Å². The Kier molecular flexibility index (Phi) is 6.94. The molecule has 1 heterocycles. The maximum Gasteiger partial charge on any atom is 0.0738 e. The lowest BCUT2D eigenvalue weighted by molar-refractivity contribution is 0.293. The number of nitrogens with zero attached hydrogens (tertiary/aromatic N) is 4. The lowest BCUT2D eigenvalue weighted by atomic mass is 10.1. The van der Waals surface area contributed by atoms with Crippen LogP contribution in [0.3, 0.4) is 0 Å². The van der Waals surface area contributed by atoms with Crippen LogP contribution in [0.4, 0.5) is 5.69 Å². The minimum absolute atomic E-state index is 0.0272. The highest BCUT2D eigenvalue weighted by Crippen LogP contribution is 2.29. The summed E-state index contributed by atoms with van der Waals surface area (Å²) in [6.07, 6.45) is 3.62. The summed E-state index contributed by atoms with van der Waals surface area (Å²) in [4.78, 5) is 18.2. The topological polar surface area (TPSA) is 48.8 Å². The highest BCUT2D eigenvalue weighted by Gasteiger charge is 2.18. The van der Waals surface area contributed by atoms with E-state index >= 15 is 0 Å². The van der Waals surface area contributed by atoms with E-state index in [1.54, 1.807) is 17.3 Å². The third kappa shape index (κ3) is 4.42. The molecule has 2 aromatic rings. The van der Waals surface area contributed by atoms with Gasteiger partial charge in [-0.3, -0.25) is 4.98 Å². The molecule has 0 fully saturated rings. The van der Waals surface area contributed by atoms with Crippen LogP contribution in [0.2, 0.25) is 5.02 Å². The van der Waals surface area contributed by atoms with E-state index in [0.29, 0.717) is 5.02 Å². The number of hydrogen-bond donors (Lipinski definition) is 0. The molecule has 0 aliphatic rings. The van der Waals surface area contributed by atoms with Gasteiger partial charge in [0.2, 0.25) is 0 Å². The van der Waals surface area contributed by atoms with Gasteiger partial charge in [0.05, 0.1) is 22.5 Å². The number of fused-ring (bicyclic) bond motifs is 1. The number of halogens is 1. The summed E-state index contributed by atoms with van der Waals surface area (Å²) in [6, 6.07) is 7.36. The van der Waals surface area contributed by atoms with Crippen LogP contribution in [0.25, 0.3) is 10.9 Å². The third-order valence-electron chi connectivity index (χ3n) is 4.42. The second kappa shape index (κ2) is 8.94. The Hall–Kier alpha value is -1.72. The number of aromatic nitrogens is 1. The SMILES string of the molecule is CCN(CC)CCCC(C)N(N=O)c1ccnc2cc(Cl)ccc12. The smallest absolute Gasteiger partial charge is 0.0738 e. The van der Waals surface area contributed by atoms with Crippen molar-refractivity contribution in [2.45, 2.75) is 39.7 Å². The van der Waals surface area contributed by atoms with Crippen LogP contribution in [0.1, 0.15) is 33.6 Å². The molecule has 1 aromatic heterocycles. The zero-order valence-corrected chi connectivity index (χ0v) is 15.3. The molecule has 1 unspecified atom stereocenters.